The lowest BCUT2D eigenvalue weighted by Gasteiger charge is -2.22. The average Bonchev–Trinajstić information content (AvgIpc) is 2.85. The van der Waals surface area contributed by atoms with Gasteiger partial charge in [0.1, 0.15) is 6.10 Å². The van der Waals surface area contributed by atoms with Gasteiger partial charge < -0.3 is 15.0 Å². The van der Waals surface area contributed by atoms with Crippen LogP contribution in [0.5, 0.6) is 5.88 Å². The first-order valence-corrected chi connectivity index (χ1v) is 8.44. The van der Waals surface area contributed by atoms with E-state index < -0.39 is 0 Å². The summed E-state index contributed by atoms with van der Waals surface area (Å²) in [4.78, 5) is 18.4. The van der Waals surface area contributed by atoms with Crippen molar-refractivity contribution < 1.29 is 9.53 Å². The molecular formula is C17H25N3O2. The Kier molecular flexibility index (Phi) is 5.14. The Bertz CT molecular complexity index is 472. The fourth-order valence-corrected chi connectivity index (χ4v) is 3.29. The molecular weight excluding hydrogens is 278 g/mol. The molecule has 1 aliphatic carbocycles. The molecule has 1 aromatic rings. The Morgan fingerprint density at radius 2 is 2.00 bits per heavy atom. The number of ether oxygens (including phenoxy) is 1. The summed E-state index contributed by atoms with van der Waals surface area (Å²) in [6.07, 6.45) is 9.95. The van der Waals surface area contributed by atoms with Crippen LogP contribution in [0.3, 0.4) is 0 Å². The molecule has 2 fully saturated rings. The summed E-state index contributed by atoms with van der Waals surface area (Å²) in [7, 11) is 0. The van der Waals surface area contributed by atoms with Crippen molar-refractivity contribution in [3.63, 3.8) is 0 Å². The third-order valence-electron chi connectivity index (χ3n) is 4.54. The maximum atomic E-state index is 12.4. The maximum Gasteiger partial charge on any atom is 0.317 e. The van der Waals surface area contributed by atoms with Crippen LogP contribution in [0.15, 0.2) is 24.4 Å². The second-order valence-corrected chi connectivity index (χ2v) is 6.28. The zero-order valence-corrected chi connectivity index (χ0v) is 13.0. The smallest absolute Gasteiger partial charge is 0.317 e. The van der Waals surface area contributed by atoms with E-state index in [0.717, 1.165) is 25.8 Å². The molecule has 0 bridgehead atoms. The molecule has 1 saturated carbocycles. The number of rotatable bonds is 3. The van der Waals surface area contributed by atoms with Crippen LogP contribution in [-0.4, -0.2) is 41.2 Å². The van der Waals surface area contributed by atoms with Crippen molar-refractivity contribution in [2.75, 3.05) is 13.1 Å². The van der Waals surface area contributed by atoms with Gasteiger partial charge in [0.2, 0.25) is 5.88 Å². The van der Waals surface area contributed by atoms with Gasteiger partial charge in [-0.1, -0.05) is 31.7 Å². The molecule has 1 aromatic heterocycles. The second kappa shape index (κ2) is 7.47. The lowest BCUT2D eigenvalue weighted by atomic mass is 10.1. The molecule has 5 heteroatoms. The molecule has 1 atom stereocenters. The molecule has 0 aromatic carbocycles. The minimum absolute atomic E-state index is 0.0507. The van der Waals surface area contributed by atoms with Gasteiger partial charge in [0.25, 0.3) is 0 Å². The summed E-state index contributed by atoms with van der Waals surface area (Å²) >= 11 is 0. The normalized spacial score (nSPS) is 23.1. The van der Waals surface area contributed by atoms with E-state index in [1.54, 1.807) is 6.20 Å². The number of carbonyl (C=O) groups excluding carboxylic acids is 1. The Balaban J connectivity index is 1.46. The first kappa shape index (κ1) is 15.1. The summed E-state index contributed by atoms with van der Waals surface area (Å²) in [6.45, 7) is 1.41. The Morgan fingerprint density at radius 3 is 2.73 bits per heavy atom. The molecule has 3 rings (SSSR count). The van der Waals surface area contributed by atoms with Gasteiger partial charge in [-0.15, -0.1) is 0 Å². The molecule has 2 heterocycles. The minimum atomic E-state index is 0.0507. The van der Waals surface area contributed by atoms with Gasteiger partial charge in [-0.2, -0.15) is 0 Å². The van der Waals surface area contributed by atoms with Crippen molar-refractivity contribution in [2.45, 2.75) is 57.1 Å². The molecule has 5 nitrogen and oxygen atoms in total. The SMILES string of the molecule is O=C(NC1CCCCCC1)N1CCC(Oc2ccccn2)C1. The standard InChI is InChI=1S/C17H25N3O2/c21-17(19-14-7-3-1-2-4-8-14)20-12-10-15(13-20)22-16-9-5-6-11-18-16/h5-6,9,11,14-15H,1-4,7-8,10,12-13H2,(H,19,21). The van der Waals surface area contributed by atoms with E-state index in [2.05, 4.69) is 10.3 Å². The summed E-state index contributed by atoms with van der Waals surface area (Å²) in [5, 5.41) is 3.20. The first-order chi connectivity index (χ1) is 10.8. The number of hydrogen-bond donors (Lipinski definition) is 1. The third kappa shape index (κ3) is 4.12. The Hall–Kier alpha value is -1.78. The Morgan fingerprint density at radius 1 is 1.18 bits per heavy atom. The molecule has 0 radical (unpaired) electrons. The molecule has 120 valence electrons. The van der Waals surface area contributed by atoms with Crippen molar-refractivity contribution in [2.24, 2.45) is 0 Å². The van der Waals surface area contributed by atoms with E-state index in [9.17, 15) is 4.79 Å². The van der Waals surface area contributed by atoms with Crippen LogP contribution in [0.4, 0.5) is 4.79 Å². The second-order valence-electron chi connectivity index (χ2n) is 6.28. The molecule has 1 unspecified atom stereocenters. The predicted molar refractivity (Wildman–Crippen MR) is 84.9 cm³/mol. The fourth-order valence-electron chi connectivity index (χ4n) is 3.29. The lowest BCUT2D eigenvalue weighted by Crippen LogP contribution is -2.44. The highest BCUT2D eigenvalue weighted by Crippen LogP contribution is 2.19. The number of likely N-dealkylation sites (tertiary alicyclic amines) is 1. The maximum absolute atomic E-state index is 12.4. The summed E-state index contributed by atoms with van der Waals surface area (Å²) in [6, 6.07) is 6.06. The quantitative estimate of drug-likeness (QED) is 0.873. The highest BCUT2D eigenvalue weighted by Gasteiger charge is 2.29. The highest BCUT2D eigenvalue weighted by molar-refractivity contribution is 5.74. The van der Waals surface area contributed by atoms with E-state index >= 15 is 0 Å². The number of aromatic nitrogens is 1. The van der Waals surface area contributed by atoms with Crippen LogP contribution in [0.1, 0.15) is 44.9 Å². The summed E-state index contributed by atoms with van der Waals surface area (Å²) in [5.41, 5.74) is 0. The minimum Gasteiger partial charge on any atom is -0.472 e. The van der Waals surface area contributed by atoms with Gasteiger partial charge >= 0.3 is 6.03 Å². The van der Waals surface area contributed by atoms with Crippen LogP contribution in [0.2, 0.25) is 0 Å². The molecule has 2 amide bonds. The monoisotopic (exact) mass is 303 g/mol. The van der Waals surface area contributed by atoms with Crippen molar-refractivity contribution in [1.29, 1.82) is 0 Å². The topological polar surface area (TPSA) is 54.5 Å². The zero-order chi connectivity index (χ0) is 15.2. The number of amides is 2. The van der Waals surface area contributed by atoms with Crippen LogP contribution < -0.4 is 10.1 Å². The predicted octanol–water partition coefficient (Wildman–Crippen LogP) is 2.97. The van der Waals surface area contributed by atoms with E-state index in [4.69, 9.17) is 4.74 Å². The first-order valence-electron chi connectivity index (χ1n) is 8.44. The number of urea groups is 1. The summed E-state index contributed by atoms with van der Waals surface area (Å²) in [5.74, 6) is 0.638. The Labute approximate surface area is 132 Å². The number of hydrogen-bond acceptors (Lipinski definition) is 3. The molecule has 1 aliphatic heterocycles. The van der Waals surface area contributed by atoms with E-state index in [1.807, 2.05) is 23.1 Å². The van der Waals surface area contributed by atoms with Crippen LogP contribution in [-0.2, 0) is 0 Å². The van der Waals surface area contributed by atoms with Gasteiger partial charge in [0.05, 0.1) is 6.54 Å². The number of pyridine rings is 1. The van der Waals surface area contributed by atoms with Crippen molar-refractivity contribution >= 4 is 6.03 Å². The van der Waals surface area contributed by atoms with E-state index in [0.29, 0.717) is 18.5 Å². The van der Waals surface area contributed by atoms with Gasteiger partial charge in [-0.3, -0.25) is 0 Å². The van der Waals surface area contributed by atoms with Gasteiger partial charge in [-0.05, 0) is 18.9 Å². The number of nitrogens with one attached hydrogen (secondary N) is 1. The van der Waals surface area contributed by atoms with Crippen LogP contribution in [0, 0.1) is 0 Å². The number of nitrogens with zero attached hydrogens (tertiary/aromatic N) is 2. The molecule has 0 spiro atoms. The van der Waals surface area contributed by atoms with Crippen molar-refractivity contribution in [3.05, 3.63) is 24.4 Å². The van der Waals surface area contributed by atoms with Crippen molar-refractivity contribution in [3.8, 4) is 5.88 Å². The van der Waals surface area contributed by atoms with E-state index in [-0.39, 0.29) is 12.1 Å². The molecule has 22 heavy (non-hydrogen) atoms. The molecule has 1 saturated heterocycles. The summed E-state index contributed by atoms with van der Waals surface area (Å²) < 4.78 is 5.83. The fraction of sp³-hybridized carbons (Fsp3) is 0.647. The highest BCUT2D eigenvalue weighted by atomic mass is 16.5. The largest absolute Gasteiger partial charge is 0.472 e. The molecule has 1 N–H and O–H groups in total. The average molecular weight is 303 g/mol. The van der Waals surface area contributed by atoms with Crippen LogP contribution in [0.25, 0.3) is 0 Å². The third-order valence-corrected chi connectivity index (χ3v) is 4.54. The van der Waals surface area contributed by atoms with Gasteiger partial charge in [0, 0.05) is 31.3 Å². The van der Waals surface area contributed by atoms with Crippen LogP contribution >= 0.6 is 0 Å². The lowest BCUT2D eigenvalue weighted by molar-refractivity contribution is 0.180. The zero-order valence-electron chi connectivity index (χ0n) is 13.0. The van der Waals surface area contributed by atoms with Gasteiger partial charge in [-0.25, -0.2) is 9.78 Å². The van der Waals surface area contributed by atoms with Gasteiger partial charge in [0.15, 0.2) is 0 Å². The van der Waals surface area contributed by atoms with E-state index in [1.165, 1.54) is 25.7 Å². The number of carbonyl (C=O) groups is 1. The van der Waals surface area contributed by atoms with Crippen molar-refractivity contribution in [1.82, 2.24) is 15.2 Å². The molecule has 2 aliphatic rings.